The number of anilines is 2. The van der Waals surface area contributed by atoms with Crippen molar-refractivity contribution in [2.75, 3.05) is 23.8 Å². The number of hydrogen-bond donors (Lipinski definition) is 1. The summed E-state index contributed by atoms with van der Waals surface area (Å²) < 4.78 is 14.6. The van der Waals surface area contributed by atoms with Gasteiger partial charge >= 0.3 is 0 Å². The van der Waals surface area contributed by atoms with Gasteiger partial charge in [-0.2, -0.15) is 0 Å². The zero-order chi connectivity index (χ0) is 14.8. The summed E-state index contributed by atoms with van der Waals surface area (Å²) in [5.74, 6) is -0.226. The van der Waals surface area contributed by atoms with Gasteiger partial charge in [-0.25, -0.2) is 4.39 Å². The van der Waals surface area contributed by atoms with Crippen LogP contribution in [0.15, 0.2) is 40.9 Å². The second kappa shape index (κ2) is 6.06. The third-order valence-electron chi connectivity index (χ3n) is 3.91. The third-order valence-corrected chi connectivity index (χ3v) is 4.40. The third kappa shape index (κ3) is 3.21. The van der Waals surface area contributed by atoms with E-state index in [1.54, 1.807) is 12.1 Å². The van der Waals surface area contributed by atoms with Crippen LogP contribution in [0.3, 0.4) is 0 Å². The number of nitrogens with one attached hydrogen (secondary N) is 1. The van der Waals surface area contributed by atoms with E-state index in [-0.39, 0.29) is 5.82 Å². The summed E-state index contributed by atoms with van der Waals surface area (Å²) in [6, 6.07) is 11.4. The zero-order valence-electron chi connectivity index (χ0n) is 12.0. The Kier molecular flexibility index (Phi) is 4.15. The van der Waals surface area contributed by atoms with E-state index in [4.69, 9.17) is 0 Å². The minimum absolute atomic E-state index is 0.226. The van der Waals surface area contributed by atoms with E-state index in [1.807, 2.05) is 0 Å². The van der Waals surface area contributed by atoms with Crippen molar-refractivity contribution in [1.29, 1.82) is 0 Å². The quantitative estimate of drug-likeness (QED) is 0.872. The number of hydrogen-bond acceptors (Lipinski definition) is 2. The van der Waals surface area contributed by atoms with Crippen molar-refractivity contribution in [1.82, 2.24) is 0 Å². The van der Waals surface area contributed by atoms with Crippen molar-refractivity contribution in [2.45, 2.75) is 19.4 Å². The molecular formula is C17H18BrFN2. The molecule has 2 nitrogen and oxygen atoms in total. The van der Waals surface area contributed by atoms with Crippen molar-refractivity contribution >= 4 is 27.3 Å². The monoisotopic (exact) mass is 348 g/mol. The number of rotatable bonds is 3. The first-order valence-electron chi connectivity index (χ1n) is 7.15. The number of fused-ring (bicyclic) bond motifs is 1. The van der Waals surface area contributed by atoms with Gasteiger partial charge in [-0.1, -0.05) is 28.1 Å². The molecule has 1 aliphatic rings. The molecule has 0 aromatic heterocycles. The number of benzene rings is 2. The Hall–Kier alpha value is -1.55. The van der Waals surface area contributed by atoms with Gasteiger partial charge in [0.2, 0.25) is 0 Å². The topological polar surface area (TPSA) is 15.3 Å². The van der Waals surface area contributed by atoms with Gasteiger partial charge in [0.25, 0.3) is 0 Å². The fourth-order valence-electron chi connectivity index (χ4n) is 2.78. The molecule has 1 aliphatic heterocycles. The maximum atomic E-state index is 13.7. The average Bonchev–Trinajstić information content (AvgIpc) is 2.48. The van der Waals surface area contributed by atoms with Crippen molar-refractivity contribution in [3.05, 3.63) is 57.8 Å². The van der Waals surface area contributed by atoms with Crippen LogP contribution in [0.1, 0.15) is 17.5 Å². The molecule has 0 saturated carbocycles. The maximum absolute atomic E-state index is 13.7. The molecule has 0 saturated heterocycles. The van der Waals surface area contributed by atoms with Crippen molar-refractivity contribution in [2.24, 2.45) is 0 Å². The largest absolute Gasteiger partial charge is 0.379 e. The van der Waals surface area contributed by atoms with Crippen LogP contribution in [-0.2, 0) is 13.0 Å². The van der Waals surface area contributed by atoms with Crippen LogP contribution in [-0.4, -0.2) is 13.6 Å². The SMILES string of the molecule is CN1CCCc2cc(CNc3cc(Br)ccc3F)ccc21. The summed E-state index contributed by atoms with van der Waals surface area (Å²) in [5.41, 5.74) is 4.42. The van der Waals surface area contributed by atoms with Crippen molar-refractivity contribution < 1.29 is 4.39 Å². The van der Waals surface area contributed by atoms with Crippen LogP contribution in [0.25, 0.3) is 0 Å². The Morgan fingerprint density at radius 3 is 2.95 bits per heavy atom. The number of nitrogens with zero attached hydrogens (tertiary/aromatic N) is 1. The summed E-state index contributed by atoms with van der Waals surface area (Å²) in [6.45, 7) is 1.75. The van der Waals surface area contributed by atoms with E-state index < -0.39 is 0 Å². The highest BCUT2D eigenvalue weighted by molar-refractivity contribution is 9.10. The normalized spacial score (nSPS) is 14.0. The lowest BCUT2D eigenvalue weighted by Gasteiger charge is -2.27. The van der Waals surface area contributed by atoms with Gasteiger partial charge in [-0.05, 0) is 48.2 Å². The molecule has 2 aromatic carbocycles. The lowest BCUT2D eigenvalue weighted by molar-refractivity contribution is 0.630. The highest BCUT2D eigenvalue weighted by atomic mass is 79.9. The molecule has 3 rings (SSSR count). The van der Waals surface area contributed by atoms with Crippen LogP contribution in [0.2, 0.25) is 0 Å². The first kappa shape index (κ1) is 14.4. The highest BCUT2D eigenvalue weighted by Gasteiger charge is 2.13. The lowest BCUT2D eigenvalue weighted by Crippen LogP contribution is -2.24. The van der Waals surface area contributed by atoms with Gasteiger partial charge in [0.1, 0.15) is 5.82 Å². The molecule has 2 aromatic rings. The summed E-state index contributed by atoms with van der Waals surface area (Å²) in [4.78, 5) is 2.30. The molecule has 0 amide bonds. The van der Waals surface area contributed by atoms with Crippen LogP contribution in [0.4, 0.5) is 15.8 Å². The molecule has 0 unspecified atom stereocenters. The van der Waals surface area contributed by atoms with E-state index in [0.717, 1.165) is 17.4 Å². The Morgan fingerprint density at radius 1 is 1.24 bits per heavy atom. The summed E-state index contributed by atoms with van der Waals surface area (Å²) in [5, 5.41) is 3.17. The highest BCUT2D eigenvalue weighted by Crippen LogP contribution is 2.27. The second-order valence-corrected chi connectivity index (χ2v) is 6.38. The summed E-state index contributed by atoms with van der Waals surface area (Å²) in [6.07, 6.45) is 2.32. The Balaban J connectivity index is 1.75. The van der Waals surface area contributed by atoms with Gasteiger partial charge in [0.05, 0.1) is 5.69 Å². The molecule has 0 atom stereocenters. The van der Waals surface area contributed by atoms with Crippen LogP contribution in [0, 0.1) is 5.82 Å². The maximum Gasteiger partial charge on any atom is 0.146 e. The number of aryl methyl sites for hydroxylation is 1. The van der Waals surface area contributed by atoms with E-state index in [1.165, 1.54) is 29.3 Å². The Bertz CT molecular complexity index is 657. The average molecular weight is 349 g/mol. The van der Waals surface area contributed by atoms with Crippen LogP contribution < -0.4 is 10.2 Å². The molecule has 0 fully saturated rings. The molecule has 0 spiro atoms. The molecule has 1 heterocycles. The smallest absolute Gasteiger partial charge is 0.146 e. The Morgan fingerprint density at radius 2 is 2.10 bits per heavy atom. The first-order chi connectivity index (χ1) is 10.1. The lowest BCUT2D eigenvalue weighted by atomic mass is 9.99. The van der Waals surface area contributed by atoms with E-state index in [2.05, 4.69) is 51.4 Å². The van der Waals surface area contributed by atoms with Gasteiger partial charge in [0.15, 0.2) is 0 Å². The van der Waals surface area contributed by atoms with Gasteiger partial charge < -0.3 is 10.2 Å². The second-order valence-electron chi connectivity index (χ2n) is 5.47. The van der Waals surface area contributed by atoms with Gasteiger partial charge in [0, 0.05) is 30.3 Å². The van der Waals surface area contributed by atoms with Crippen molar-refractivity contribution in [3.8, 4) is 0 Å². The molecule has 0 aliphatic carbocycles. The predicted molar refractivity (Wildman–Crippen MR) is 89.5 cm³/mol. The van der Waals surface area contributed by atoms with E-state index >= 15 is 0 Å². The first-order valence-corrected chi connectivity index (χ1v) is 7.94. The zero-order valence-corrected chi connectivity index (χ0v) is 13.6. The van der Waals surface area contributed by atoms with E-state index in [0.29, 0.717) is 12.2 Å². The molecule has 0 bridgehead atoms. The minimum Gasteiger partial charge on any atom is -0.379 e. The van der Waals surface area contributed by atoms with Crippen molar-refractivity contribution in [3.63, 3.8) is 0 Å². The van der Waals surface area contributed by atoms with Gasteiger partial charge in [-0.3, -0.25) is 0 Å². The summed E-state index contributed by atoms with van der Waals surface area (Å²) in [7, 11) is 2.13. The van der Waals surface area contributed by atoms with Crippen LogP contribution in [0.5, 0.6) is 0 Å². The molecular weight excluding hydrogens is 331 g/mol. The van der Waals surface area contributed by atoms with Gasteiger partial charge in [-0.15, -0.1) is 0 Å². The fraction of sp³-hybridized carbons (Fsp3) is 0.294. The Labute approximate surface area is 133 Å². The van der Waals surface area contributed by atoms with E-state index in [9.17, 15) is 4.39 Å². The predicted octanol–water partition coefficient (Wildman–Crippen LogP) is 4.58. The molecule has 1 N–H and O–H groups in total. The fourth-order valence-corrected chi connectivity index (χ4v) is 3.14. The summed E-state index contributed by atoms with van der Waals surface area (Å²) >= 11 is 3.37. The molecule has 0 radical (unpaired) electrons. The standard InChI is InChI=1S/C17H18BrFN2/c1-21-8-2-3-13-9-12(4-7-17(13)21)11-20-16-10-14(18)5-6-15(16)19/h4-7,9-10,20H,2-3,8,11H2,1H3. The number of halogens is 2. The van der Waals surface area contributed by atoms with Crippen LogP contribution >= 0.6 is 15.9 Å². The molecule has 4 heteroatoms. The minimum atomic E-state index is -0.226. The molecule has 110 valence electrons. The molecule has 21 heavy (non-hydrogen) atoms.